The highest BCUT2D eigenvalue weighted by Crippen LogP contribution is 2.65. The van der Waals surface area contributed by atoms with Gasteiger partial charge in [0.15, 0.2) is 0 Å². The van der Waals surface area contributed by atoms with Crippen molar-refractivity contribution in [3.63, 3.8) is 0 Å². The fourth-order valence-electron chi connectivity index (χ4n) is 4.12. The average molecular weight is 411 g/mol. The lowest BCUT2D eigenvalue weighted by Gasteiger charge is -2.37. The standard InChI is InChI=1S/C19H30N4O4S/c1-8-28(26,27)22-15(18(3,4)5)17(25)23-10-12-13(19(12,6)7)14(23)16(24)21-11(2)9-20/h8,11-15,22H,1,10H2,2-7H3,(H,21,24)/t11-,12-,13-,14-,15+/m0/s1. The summed E-state index contributed by atoms with van der Waals surface area (Å²) in [6.45, 7) is 14.6. The Kier molecular flexibility index (Phi) is 5.72. The van der Waals surface area contributed by atoms with Crippen molar-refractivity contribution in [1.29, 1.82) is 5.26 Å². The van der Waals surface area contributed by atoms with Gasteiger partial charge in [-0.25, -0.2) is 8.42 Å². The van der Waals surface area contributed by atoms with E-state index in [1.165, 1.54) is 4.90 Å². The summed E-state index contributed by atoms with van der Waals surface area (Å²) in [5.74, 6) is -0.661. The van der Waals surface area contributed by atoms with Crippen LogP contribution in [0.2, 0.25) is 0 Å². The van der Waals surface area contributed by atoms with Crippen LogP contribution in [0.1, 0.15) is 41.5 Å². The van der Waals surface area contributed by atoms with Crippen LogP contribution in [0.3, 0.4) is 0 Å². The Morgan fingerprint density at radius 1 is 1.36 bits per heavy atom. The number of likely N-dealkylation sites (tertiary alicyclic amines) is 1. The Bertz CT molecular complexity index is 822. The fraction of sp³-hybridized carbons (Fsp3) is 0.737. The van der Waals surface area contributed by atoms with Crippen LogP contribution in [-0.2, 0) is 19.6 Å². The third kappa shape index (κ3) is 4.08. The number of piperidine rings is 1. The Hall–Kier alpha value is -1.92. The molecule has 2 aliphatic rings. The second kappa shape index (κ2) is 7.16. The number of amides is 2. The number of carbonyl (C=O) groups is 2. The second-order valence-electron chi connectivity index (χ2n) is 9.38. The molecule has 0 aromatic carbocycles. The van der Waals surface area contributed by atoms with E-state index in [2.05, 4.69) is 30.5 Å². The number of hydrogen-bond acceptors (Lipinski definition) is 5. The zero-order valence-electron chi connectivity index (χ0n) is 17.3. The fourth-order valence-corrected chi connectivity index (χ4v) is 5.00. The molecule has 0 bridgehead atoms. The maximum atomic E-state index is 13.4. The molecule has 28 heavy (non-hydrogen) atoms. The Morgan fingerprint density at radius 2 is 1.93 bits per heavy atom. The van der Waals surface area contributed by atoms with Crippen molar-refractivity contribution in [2.24, 2.45) is 22.7 Å². The molecule has 1 aliphatic carbocycles. The minimum Gasteiger partial charge on any atom is -0.339 e. The minimum atomic E-state index is -3.84. The molecule has 156 valence electrons. The summed E-state index contributed by atoms with van der Waals surface area (Å²) in [5, 5.41) is 12.4. The van der Waals surface area contributed by atoms with Crippen LogP contribution < -0.4 is 10.0 Å². The number of sulfonamides is 1. The monoisotopic (exact) mass is 410 g/mol. The predicted octanol–water partition coefficient (Wildman–Crippen LogP) is 0.975. The topological polar surface area (TPSA) is 119 Å². The summed E-state index contributed by atoms with van der Waals surface area (Å²) in [6.07, 6.45) is 0. The van der Waals surface area contributed by atoms with Gasteiger partial charge in [-0.05, 0) is 29.6 Å². The molecule has 1 saturated carbocycles. The van der Waals surface area contributed by atoms with E-state index in [1.807, 2.05) is 6.07 Å². The van der Waals surface area contributed by atoms with Gasteiger partial charge in [-0.1, -0.05) is 41.2 Å². The summed E-state index contributed by atoms with van der Waals surface area (Å²) in [7, 11) is -3.84. The first kappa shape index (κ1) is 22.4. The van der Waals surface area contributed by atoms with E-state index in [1.54, 1.807) is 27.7 Å². The van der Waals surface area contributed by atoms with Gasteiger partial charge < -0.3 is 10.2 Å². The van der Waals surface area contributed by atoms with Crippen molar-refractivity contribution < 1.29 is 18.0 Å². The maximum Gasteiger partial charge on any atom is 0.244 e. The summed E-state index contributed by atoms with van der Waals surface area (Å²) in [6, 6.07) is -0.480. The Morgan fingerprint density at radius 3 is 2.39 bits per heavy atom. The summed E-state index contributed by atoms with van der Waals surface area (Å²) in [4.78, 5) is 27.7. The Balaban J connectivity index is 2.34. The number of hydrogen-bond donors (Lipinski definition) is 2. The van der Waals surface area contributed by atoms with E-state index >= 15 is 0 Å². The van der Waals surface area contributed by atoms with Crippen LogP contribution in [0.4, 0.5) is 0 Å². The first-order valence-corrected chi connectivity index (χ1v) is 10.9. The van der Waals surface area contributed by atoms with Crippen molar-refractivity contribution in [3.8, 4) is 6.07 Å². The van der Waals surface area contributed by atoms with Gasteiger partial charge in [-0.2, -0.15) is 9.98 Å². The van der Waals surface area contributed by atoms with Gasteiger partial charge in [0.25, 0.3) is 0 Å². The van der Waals surface area contributed by atoms with Crippen LogP contribution in [0, 0.1) is 34.0 Å². The number of carbonyl (C=O) groups excluding carboxylic acids is 2. The summed E-state index contributed by atoms with van der Waals surface area (Å²) in [5.41, 5.74) is -0.789. The number of nitrogens with one attached hydrogen (secondary N) is 2. The molecule has 0 unspecified atom stereocenters. The highest BCUT2D eigenvalue weighted by molar-refractivity contribution is 7.92. The van der Waals surface area contributed by atoms with Gasteiger partial charge in [-0.15, -0.1) is 0 Å². The van der Waals surface area contributed by atoms with E-state index in [-0.39, 0.29) is 23.2 Å². The molecule has 0 aromatic rings. The van der Waals surface area contributed by atoms with E-state index in [0.717, 1.165) is 5.41 Å². The third-order valence-electron chi connectivity index (χ3n) is 5.93. The normalized spacial score (nSPS) is 27.9. The van der Waals surface area contributed by atoms with Crippen molar-refractivity contribution in [2.75, 3.05) is 6.54 Å². The van der Waals surface area contributed by atoms with Crippen LogP contribution in [0.5, 0.6) is 0 Å². The number of rotatable bonds is 6. The number of fused-ring (bicyclic) bond motifs is 1. The van der Waals surface area contributed by atoms with Crippen molar-refractivity contribution in [1.82, 2.24) is 14.9 Å². The van der Waals surface area contributed by atoms with Crippen molar-refractivity contribution in [2.45, 2.75) is 59.7 Å². The molecular formula is C19H30N4O4S. The largest absolute Gasteiger partial charge is 0.339 e. The molecule has 2 amide bonds. The summed E-state index contributed by atoms with van der Waals surface area (Å²) < 4.78 is 26.5. The average Bonchev–Trinajstić information content (AvgIpc) is 2.95. The molecule has 5 atom stereocenters. The van der Waals surface area contributed by atoms with Gasteiger partial charge in [-0.3, -0.25) is 9.59 Å². The van der Waals surface area contributed by atoms with E-state index in [4.69, 9.17) is 5.26 Å². The van der Waals surface area contributed by atoms with E-state index < -0.39 is 39.5 Å². The molecule has 0 radical (unpaired) electrons. The van der Waals surface area contributed by atoms with Crippen molar-refractivity contribution >= 4 is 21.8 Å². The molecule has 2 fully saturated rings. The van der Waals surface area contributed by atoms with Crippen LogP contribution in [0.15, 0.2) is 12.0 Å². The zero-order valence-corrected chi connectivity index (χ0v) is 18.1. The quantitative estimate of drug-likeness (QED) is 0.676. The highest BCUT2D eigenvalue weighted by Gasteiger charge is 2.69. The lowest BCUT2D eigenvalue weighted by molar-refractivity contribution is -0.143. The third-order valence-corrected chi connectivity index (χ3v) is 6.93. The van der Waals surface area contributed by atoms with Crippen LogP contribution in [0.25, 0.3) is 0 Å². The smallest absolute Gasteiger partial charge is 0.244 e. The first-order chi connectivity index (χ1) is 12.7. The lowest BCUT2D eigenvalue weighted by Crippen LogP contribution is -2.59. The number of nitriles is 1. The second-order valence-corrected chi connectivity index (χ2v) is 11.0. The molecule has 1 saturated heterocycles. The molecule has 1 heterocycles. The molecule has 2 rings (SSSR count). The predicted molar refractivity (Wildman–Crippen MR) is 105 cm³/mol. The SMILES string of the molecule is C=CS(=O)(=O)N[C@H](C(=O)N1C[C@H]2[C@@H]([C@H]1C(=O)N[C@@H](C)C#N)C2(C)C)C(C)(C)C. The molecule has 1 aliphatic heterocycles. The molecular weight excluding hydrogens is 380 g/mol. The lowest BCUT2D eigenvalue weighted by atomic mass is 9.86. The zero-order chi connectivity index (χ0) is 21.7. The Labute approximate surface area is 167 Å². The summed E-state index contributed by atoms with van der Waals surface area (Å²) >= 11 is 0. The van der Waals surface area contributed by atoms with E-state index in [0.29, 0.717) is 6.54 Å². The molecule has 0 aromatic heterocycles. The van der Waals surface area contributed by atoms with Crippen molar-refractivity contribution in [3.05, 3.63) is 12.0 Å². The highest BCUT2D eigenvalue weighted by atomic mass is 32.2. The van der Waals surface area contributed by atoms with E-state index in [9.17, 15) is 18.0 Å². The molecule has 0 spiro atoms. The van der Waals surface area contributed by atoms with Gasteiger partial charge in [0.05, 0.1) is 6.07 Å². The minimum absolute atomic E-state index is 0.0148. The molecule has 2 N–H and O–H groups in total. The maximum absolute atomic E-state index is 13.4. The number of nitrogens with zero attached hydrogens (tertiary/aromatic N) is 2. The first-order valence-electron chi connectivity index (χ1n) is 9.32. The van der Waals surface area contributed by atoms with Gasteiger partial charge in [0.2, 0.25) is 21.8 Å². The van der Waals surface area contributed by atoms with Crippen LogP contribution >= 0.6 is 0 Å². The molecule has 8 nitrogen and oxygen atoms in total. The van der Waals surface area contributed by atoms with Gasteiger partial charge in [0.1, 0.15) is 18.1 Å². The van der Waals surface area contributed by atoms with Gasteiger partial charge >= 0.3 is 0 Å². The molecule has 9 heteroatoms. The van der Waals surface area contributed by atoms with Gasteiger partial charge in [0, 0.05) is 12.0 Å². The van der Waals surface area contributed by atoms with Crippen LogP contribution in [-0.4, -0.2) is 49.8 Å².